The van der Waals surface area contributed by atoms with Crippen LogP contribution in [0.15, 0.2) is 42.5 Å². The molecule has 5 heteroatoms. The first kappa shape index (κ1) is 14.5. The summed E-state index contributed by atoms with van der Waals surface area (Å²) in [6, 6.07) is 10.1. The lowest BCUT2D eigenvalue weighted by molar-refractivity contribution is 0.182. The number of halogens is 2. The maximum Gasteiger partial charge on any atom is 0.322 e. The highest BCUT2D eigenvalue weighted by atomic mass is 19.1. The van der Waals surface area contributed by atoms with Gasteiger partial charge >= 0.3 is 6.03 Å². The average molecular weight is 302 g/mol. The van der Waals surface area contributed by atoms with Crippen LogP contribution in [-0.4, -0.2) is 17.0 Å². The highest BCUT2D eigenvalue weighted by Gasteiger charge is 2.27. The van der Waals surface area contributed by atoms with E-state index >= 15 is 0 Å². The Hall–Kier alpha value is -2.43. The van der Waals surface area contributed by atoms with E-state index in [1.165, 1.54) is 30.3 Å². The second-order valence-corrected chi connectivity index (χ2v) is 5.53. The summed E-state index contributed by atoms with van der Waals surface area (Å²) in [5, 5.41) is 2.68. The Morgan fingerprint density at radius 2 is 1.91 bits per heavy atom. The van der Waals surface area contributed by atoms with E-state index in [0.717, 1.165) is 11.1 Å². The van der Waals surface area contributed by atoms with Gasteiger partial charge in [0, 0.05) is 18.3 Å². The molecule has 114 valence electrons. The molecular formula is C17H16F2N2O. The molecule has 3 rings (SSSR count). The van der Waals surface area contributed by atoms with Gasteiger partial charge in [0.05, 0.1) is 0 Å². The molecule has 22 heavy (non-hydrogen) atoms. The second kappa shape index (κ2) is 5.75. The highest BCUT2D eigenvalue weighted by molar-refractivity contribution is 5.89. The van der Waals surface area contributed by atoms with E-state index < -0.39 is 5.82 Å². The predicted molar refractivity (Wildman–Crippen MR) is 80.5 cm³/mol. The number of amides is 2. The standard InChI is InChI=1S/C17H16F2N2O/c1-11-7-12-5-6-15(19)8-13(12)10-21(11)17(22)20-16-4-2-3-14(18)9-16/h2-6,8-9,11H,7,10H2,1H3,(H,20,22). The lowest BCUT2D eigenvalue weighted by Gasteiger charge is -2.34. The fraction of sp³-hybridized carbons (Fsp3) is 0.235. The van der Waals surface area contributed by atoms with E-state index in [9.17, 15) is 13.6 Å². The van der Waals surface area contributed by atoms with Gasteiger partial charge in [-0.15, -0.1) is 0 Å². The zero-order chi connectivity index (χ0) is 15.7. The maximum absolute atomic E-state index is 13.4. The van der Waals surface area contributed by atoms with Crippen LogP contribution in [0.25, 0.3) is 0 Å². The van der Waals surface area contributed by atoms with Gasteiger partial charge in [-0.2, -0.15) is 0 Å². The van der Waals surface area contributed by atoms with Crippen LogP contribution < -0.4 is 5.32 Å². The van der Waals surface area contributed by atoms with Gasteiger partial charge in [-0.05, 0) is 54.8 Å². The van der Waals surface area contributed by atoms with Crippen molar-refractivity contribution in [3.8, 4) is 0 Å². The maximum atomic E-state index is 13.4. The van der Waals surface area contributed by atoms with Crippen LogP contribution in [0.4, 0.5) is 19.3 Å². The molecule has 0 fully saturated rings. The molecule has 1 N–H and O–H groups in total. The smallest absolute Gasteiger partial charge is 0.317 e. The van der Waals surface area contributed by atoms with Crippen LogP contribution in [0, 0.1) is 11.6 Å². The molecular weight excluding hydrogens is 286 g/mol. The fourth-order valence-corrected chi connectivity index (χ4v) is 2.74. The number of fused-ring (bicyclic) bond motifs is 1. The number of nitrogens with zero attached hydrogens (tertiary/aromatic N) is 1. The second-order valence-electron chi connectivity index (χ2n) is 5.53. The van der Waals surface area contributed by atoms with Crippen molar-refractivity contribution < 1.29 is 13.6 Å². The zero-order valence-electron chi connectivity index (χ0n) is 12.1. The number of nitrogens with one attached hydrogen (secondary N) is 1. The quantitative estimate of drug-likeness (QED) is 0.850. The van der Waals surface area contributed by atoms with Crippen molar-refractivity contribution in [3.63, 3.8) is 0 Å². The highest BCUT2D eigenvalue weighted by Crippen LogP contribution is 2.25. The van der Waals surface area contributed by atoms with Crippen molar-refractivity contribution in [3.05, 3.63) is 65.2 Å². The van der Waals surface area contributed by atoms with Crippen LogP contribution in [-0.2, 0) is 13.0 Å². The summed E-state index contributed by atoms with van der Waals surface area (Å²) in [5.41, 5.74) is 2.28. The van der Waals surface area contributed by atoms with Crippen molar-refractivity contribution in [2.45, 2.75) is 25.9 Å². The third kappa shape index (κ3) is 2.93. The van der Waals surface area contributed by atoms with Gasteiger partial charge < -0.3 is 10.2 Å². The summed E-state index contributed by atoms with van der Waals surface area (Å²) in [5.74, 6) is -0.712. The lowest BCUT2D eigenvalue weighted by atomic mass is 9.95. The summed E-state index contributed by atoms with van der Waals surface area (Å²) in [4.78, 5) is 14.0. The molecule has 1 atom stereocenters. The van der Waals surface area contributed by atoms with Gasteiger partial charge in [0.2, 0.25) is 0 Å². The largest absolute Gasteiger partial charge is 0.322 e. The Balaban J connectivity index is 1.78. The number of hydrogen-bond donors (Lipinski definition) is 1. The summed E-state index contributed by atoms with van der Waals surface area (Å²) in [7, 11) is 0. The van der Waals surface area contributed by atoms with Crippen LogP contribution in [0.3, 0.4) is 0 Å². The van der Waals surface area contributed by atoms with E-state index in [-0.39, 0.29) is 17.9 Å². The van der Waals surface area contributed by atoms with E-state index in [2.05, 4.69) is 5.32 Å². The number of carbonyl (C=O) groups is 1. The molecule has 2 amide bonds. The monoisotopic (exact) mass is 302 g/mol. The Morgan fingerprint density at radius 3 is 2.68 bits per heavy atom. The van der Waals surface area contributed by atoms with Crippen molar-refractivity contribution in [1.29, 1.82) is 0 Å². The van der Waals surface area contributed by atoms with E-state index in [4.69, 9.17) is 0 Å². The first-order valence-electron chi connectivity index (χ1n) is 7.13. The fourth-order valence-electron chi connectivity index (χ4n) is 2.74. The van der Waals surface area contributed by atoms with Crippen molar-refractivity contribution in [2.75, 3.05) is 5.32 Å². The normalized spacial score (nSPS) is 17.0. The minimum absolute atomic E-state index is 0.00785. The van der Waals surface area contributed by atoms with E-state index in [0.29, 0.717) is 18.7 Å². The molecule has 0 aromatic heterocycles. The van der Waals surface area contributed by atoms with Gasteiger partial charge in [0.25, 0.3) is 0 Å². The Kier molecular flexibility index (Phi) is 3.79. The molecule has 0 bridgehead atoms. The number of urea groups is 1. The van der Waals surface area contributed by atoms with Gasteiger partial charge in [0.15, 0.2) is 0 Å². The van der Waals surface area contributed by atoms with Gasteiger partial charge in [0.1, 0.15) is 11.6 Å². The van der Waals surface area contributed by atoms with Crippen molar-refractivity contribution in [2.24, 2.45) is 0 Å². The van der Waals surface area contributed by atoms with Crippen LogP contribution >= 0.6 is 0 Å². The Labute approximate surface area is 127 Å². The zero-order valence-corrected chi connectivity index (χ0v) is 12.1. The molecule has 1 unspecified atom stereocenters. The number of rotatable bonds is 1. The molecule has 0 saturated heterocycles. The minimum Gasteiger partial charge on any atom is -0.317 e. The third-order valence-electron chi connectivity index (χ3n) is 3.89. The molecule has 0 radical (unpaired) electrons. The SMILES string of the molecule is CC1Cc2ccc(F)cc2CN1C(=O)Nc1cccc(F)c1. The molecule has 0 aliphatic carbocycles. The average Bonchev–Trinajstić information content (AvgIpc) is 2.47. The van der Waals surface area contributed by atoms with Crippen molar-refractivity contribution in [1.82, 2.24) is 4.90 Å². The summed E-state index contributed by atoms with van der Waals surface area (Å²) in [6.07, 6.45) is 0.673. The number of hydrogen-bond acceptors (Lipinski definition) is 1. The van der Waals surface area contributed by atoms with Gasteiger partial charge in [-0.25, -0.2) is 13.6 Å². The summed E-state index contributed by atoms with van der Waals surface area (Å²) < 4.78 is 26.5. The molecule has 0 spiro atoms. The minimum atomic E-state index is -0.406. The third-order valence-corrected chi connectivity index (χ3v) is 3.89. The lowest BCUT2D eigenvalue weighted by Crippen LogP contribution is -2.44. The molecule has 3 nitrogen and oxygen atoms in total. The predicted octanol–water partition coefficient (Wildman–Crippen LogP) is 3.94. The molecule has 1 aliphatic heterocycles. The Morgan fingerprint density at radius 1 is 1.14 bits per heavy atom. The molecule has 1 aliphatic rings. The first-order chi connectivity index (χ1) is 10.5. The van der Waals surface area contributed by atoms with Crippen LogP contribution in [0.5, 0.6) is 0 Å². The number of benzene rings is 2. The molecule has 0 saturated carbocycles. The summed E-state index contributed by atoms with van der Waals surface area (Å²) >= 11 is 0. The topological polar surface area (TPSA) is 32.3 Å². The molecule has 2 aromatic carbocycles. The van der Waals surface area contributed by atoms with E-state index in [1.807, 2.05) is 6.92 Å². The number of carbonyl (C=O) groups excluding carboxylic acids is 1. The Bertz CT molecular complexity index is 718. The first-order valence-corrected chi connectivity index (χ1v) is 7.13. The molecule has 2 aromatic rings. The van der Waals surface area contributed by atoms with Gasteiger partial charge in [-0.3, -0.25) is 0 Å². The van der Waals surface area contributed by atoms with Gasteiger partial charge in [-0.1, -0.05) is 12.1 Å². The van der Waals surface area contributed by atoms with Crippen LogP contribution in [0.2, 0.25) is 0 Å². The van der Waals surface area contributed by atoms with E-state index in [1.54, 1.807) is 17.0 Å². The summed E-state index contributed by atoms with van der Waals surface area (Å²) in [6.45, 7) is 2.28. The van der Waals surface area contributed by atoms with Crippen molar-refractivity contribution >= 4 is 11.7 Å². The molecule has 1 heterocycles. The number of anilines is 1. The van der Waals surface area contributed by atoms with Crippen LogP contribution in [0.1, 0.15) is 18.1 Å².